The van der Waals surface area contributed by atoms with Crippen LogP contribution in [-0.2, 0) is 21.5 Å². The van der Waals surface area contributed by atoms with Crippen molar-refractivity contribution in [2.45, 2.75) is 31.8 Å². The molecule has 1 aliphatic heterocycles. The van der Waals surface area contributed by atoms with Crippen LogP contribution in [-0.4, -0.2) is 38.5 Å². The molecule has 2 amide bonds. The third kappa shape index (κ3) is 4.17. The molecule has 12 heteroatoms. The number of carbonyl (C=O) groups is 3. The van der Waals surface area contributed by atoms with E-state index in [0.717, 1.165) is 0 Å². The number of imidazole rings is 1. The Morgan fingerprint density at radius 3 is 2.42 bits per heavy atom. The maximum absolute atomic E-state index is 14.1. The molecule has 0 saturated heterocycles. The average Bonchev–Trinajstić information content (AvgIpc) is 3.36. The number of carboxylic acids is 1. The van der Waals surface area contributed by atoms with Crippen molar-refractivity contribution in [1.29, 1.82) is 5.26 Å². The zero-order valence-electron chi connectivity index (χ0n) is 18.9. The van der Waals surface area contributed by atoms with Gasteiger partial charge in [0.15, 0.2) is 5.82 Å². The van der Waals surface area contributed by atoms with Crippen LogP contribution < -0.4 is 10.2 Å². The number of fused-ring (bicyclic) bond motifs is 1. The predicted octanol–water partition coefficient (Wildman–Crippen LogP) is 4.04. The summed E-state index contributed by atoms with van der Waals surface area (Å²) in [5, 5.41) is 20.0. The first-order chi connectivity index (χ1) is 17.0. The van der Waals surface area contributed by atoms with Crippen molar-refractivity contribution >= 4 is 52.6 Å². The van der Waals surface area contributed by atoms with E-state index in [1.54, 1.807) is 31.2 Å². The van der Waals surface area contributed by atoms with E-state index < -0.39 is 35.2 Å². The zero-order chi connectivity index (χ0) is 26.4. The Bertz CT molecular complexity index is 1430. The number of nitrogens with one attached hydrogen (secondary N) is 1. The molecule has 1 aromatic heterocycles. The molecule has 4 rings (SSSR count). The largest absolute Gasteiger partial charge is 0.480 e. The lowest BCUT2D eigenvalue weighted by Gasteiger charge is -2.26. The molecule has 0 saturated carbocycles. The molecule has 2 N–H and O–H groups in total. The summed E-state index contributed by atoms with van der Waals surface area (Å²) in [4.78, 5) is 43.6. The van der Waals surface area contributed by atoms with Gasteiger partial charge in [0.2, 0.25) is 5.95 Å². The van der Waals surface area contributed by atoms with Crippen LogP contribution in [0.4, 0.5) is 16.0 Å². The Balaban J connectivity index is 1.86. The van der Waals surface area contributed by atoms with Gasteiger partial charge in [-0.3, -0.25) is 19.0 Å². The third-order valence-corrected chi connectivity index (χ3v) is 6.46. The molecule has 2 unspecified atom stereocenters. The van der Waals surface area contributed by atoms with Crippen LogP contribution in [0.5, 0.6) is 0 Å². The molecule has 2 aromatic carbocycles. The van der Waals surface area contributed by atoms with Crippen LogP contribution in [0, 0.1) is 17.1 Å². The highest BCUT2D eigenvalue weighted by Crippen LogP contribution is 2.44. The maximum Gasteiger partial charge on any atom is 0.325 e. The monoisotopic (exact) mass is 529 g/mol. The zero-order valence-corrected chi connectivity index (χ0v) is 20.4. The summed E-state index contributed by atoms with van der Waals surface area (Å²) >= 11 is 11.9. The number of aromatic nitrogens is 2. The van der Waals surface area contributed by atoms with Gasteiger partial charge in [-0.05, 0) is 43.7 Å². The number of halogens is 3. The highest BCUT2D eigenvalue weighted by atomic mass is 35.5. The standard InChI is InChI=1S/C24H18Cl2FN5O4/c1-12(21(34)35)30-20(33)18-11-29-23-31(15-7-16(25)19(27)17(26)8-15)22(36)24(2,32(18)23)9-13-3-5-14(10-28)6-4-13/h3-8,11-12H,9H2,1-2H3,(H,30,33)(H,34,35). The summed E-state index contributed by atoms with van der Waals surface area (Å²) < 4.78 is 15.5. The van der Waals surface area contributed by atoms with Crippen LogP contribution in [0.2, 0.25) is 10.0 Å². The summed E-state index contributed by atoms with van der Waals surface area (Å²) in [6.07, 6.45) is 1.32. The molecule has 0 bridgehead atoms. The van der Waals surface area contributed by atoms with Crippen molar-refractivity contribution in [1.82, 2.24) is 14.9 Å². The Morgan fingerprint density at radius 1 is 1.25 bits per heavy atom. The molecule has 184 valence electrons. The van der Waals surface area contributed by atoms with E-state index in [2.05, 4.69) is 10.3 Å². The predicted molar refractivity (Wildman–Crippen MR) is 129 cm³/mol. The minimum atomic E-state index is -1.41. The van der Waals surface area contributed by atoms with Gasteiger partial charge >= 0.3 is 5.97 Å². The van der Waals surface area contributed by atoms with Gasteiger partial charge in [-0.2, -0.15) is 5.26 Å². The van der Waals surface area contributed by atoms with Crippen molar-refractivity contribution in [2.24, 2.45) is 0 Å². The first-order valence-electron chi connectivity index (χ1n) is 10.6. The molecular weight excluding hydrogens is 512 g/mol. The van der Waals surface area contributed by atoms with Gasteiger partial charge in [0.1, 0.15) is 17.3 Å². The topological polar surface area (TPSA) is 128 Å². The highest BCUT2D eigenvalue weighted by molar-refractivity contribution is 6.35. The number of benzene rings is 2. The first-order valence-corrected chi connectivity index (χ1v) is 11.3. The van der Waals surface area contributed by atoms with Crippen molar-refractivity contribution < 1.29 is 23.9 Å². The fourth-order valence-electron chi connectivity index (χ4n) is 4.06. The summed E-state index contributed by atoms with van der Waals surface area (Å²) in [6, 6.07) is 9.86. The SMILES string of the molecule is CC(NC(=O)c1cnc2n1C(C)(Cc1ccc(C#N)cc1)C(=O)N2c1cc(Cl)c(F)c(Cl)c1)C(=O)O. The Kier molecular flexibility index (Phi) is 6.47. The fraction of sp³-hybridized carbons (Fsp3) is 0.208. The van der Waals surface area contributed by atoms with Gasteiger partial charge in [-0.15, -0.1) is 0 Å². The van der Waals surface area contributed by atoms with Crippen LogP contribution in [0.25, 0.3) is 0 Å². The maximum atomic E-state index is 14.1. The second-order valence-corrected chi connectivity index (χ2v) is 9.25. The van der Waals surface area contributed by atoms with Crippen LogP contribution in [0.3, 0.4) is 0 Å². The van der Waals surface area contributed by atoms with E-state index in [9.17, 15) is 23.9 Å². The summed E-state index contributed by atoms with van der Waals surface area (Å²) in [7, 11) is 0. The first kappa shape index (κ1) is 25.2. The van der Waals surface area contributed by atoms with E-state index in [1.807, 2.05) is 6.07 Å². The van der Waals surface area contributed by atoms with E-state index in [0.29, 0.717) is 11.1 Å². The minimum Gasteiger partial charge on any atom is -0.480 e. The molecule has 1 aliphatic rings. The van der Waals surface area contributed by atoms with Crippen LogP contribution >= 0.6 is 23.2 Å². The number of nitriles is 1. The van der Waals surface area contributed by atoms with Crippen LogP contribution in [0.15, 0.2) is 42.6 Å². The average molecular weight is 530 g/mol. The fourth-order valence-corrected chi connectivity index (χ4v) is 4.53. The highest BCUT2D eigenvalue weighted by Gasteiger charge is 2.51. The summed E-state index contributed by atoms with van der Waals surface area (Å²) in [6.45, 7) is 2.90. The molecule has 0 spiro atoms. The number of anilines is 2. The number of nitrogens with zero attached hydrogens (tertiary/aromatic N) is 4. The molecule has 0 radical (unpaired) electrons. The normalized spacial score (nSPS) is 17.4. The Hall–Kier alpha value is -3.94. The van der Waals surface area contributed by atoms with Crippen molar-refractivity contribution in [3.05, 3.63) is 75.3 Å². The van der Waals surface area contributed by atoms with Crippen LogP contribution in [0.1, 0.15) is 35.5 Å². The Labute approximate surface area is 214 Å². The van der Waals surface area contributed by atoms with Gasteiger partial charge in [-0.1, -0.05) is 35.3 Å². The minimum absolute atomic E-state index is 0.0445. The van der Waals surface area contributed by atoms with Gasteiger partial charge < -0.3 is 10.4 Å². The van der Waals surface area contributed by atoms with Crippen molar-refractivity contribution in [3.63, 3.8) is 0 Å². The van der Waals surface area contributed by atoms with E-state index in [1.165, 1.54) is 34.7 Å². The molecule has 0 aliphatic carbocycles. The number of hydrogen-bond acceptors (Lipinski definition) is 5. The lowest BCUT2D eigenvalue weighted by molar-refractivity contribution is -0.138. The smallest absolute Gasteiger partial charge is 0.325 e. The van der Waals surface area contributed by atoms with Gasteiger partial charge in [-0.25, -0.2) is 14.3 Å². The van der Waals surface area contributed by atoms with E-state index in [4.69, 9.17) is 28.5 Å². The van der Waals surface area contributed by atoms with E-state index in [-0.39, 0.29) is 33.8 Å². The molecule has 3 aromatic rings. The second-order valence-electron chi connectivity index (χ2n) is 8.44. The van der Waals surface area contributed by atoms with Gasteiger partial charge in [0, 0.05) is 6.42 Å². The molecule has 2 atom stereocenters. The summed E-state index contributed by atoms with van der Waals surface area (Å²) in [5.74, 6) is -3.30. The summed E-state index contributed by atoms with van der Waals surface area (Å²) in [5.41, 5.74) is -0.203. The number of hydrogen-bond donors (Lipinski definition) is 2. The number of rotatable bonds is 6. The van der Waals surface area contributed by atoms with E-state index >= 15 is 0 Å². The van der Waals surface area contributed by atoms with Crippen molar-refractivity contribution in [2.75, 3.05) is 4.90 Å². The quantitative estimate of drug-likeness (QED) is 0.463. The second kappa shape index (κ2) is 9.26. The number of aliphatic carboxylic acids is 1. The number of amides is 2. The molecule has 36 heavy (non-hydrogen) atoms. The lowest BCUT2D eigenvalue weighted by atomic mass is 9.91. The number of carbonyl (C=O) groups excluding carboxylic acids is 2. The third-order valence-electron chi connectivity index (χ3n) is 5.91. The molecule has 0 fully saturated rings. The Morgan fingerprint density at radius 2 is 1.86 bits per heavy atom. The lowest BCUT2D eigenvalue weighted by Crippen LogP contribution is -2.44. The number of carboxylic acid groups (broad SMARTS) is 1. The van der Waals surface area contributed by atoms with Crippen molar-refractivity contribution in [3.8, 4) is 6.07 Å². The van der Waals surface area contributed by atoms with Gasteiger partial charge in [0.05, 0.1) is 33.6 Å². The van der Waals surface area contributed by atoms with Gasteiger partial charge in [0.25, 0.3) is 11.8 Å². The molecule has 2 heterocycles. The molecule has 9 nitrogen and oxygen atoms in total. The molecular formula is C24H18Cl2FN5O4.